The summed E-state index contributed by atoms with van der Waals surface area (Å²) in [4.78, 5) is 13.7. The number of halogens is 3. The highest BCUT2D eigenvalue weighted by molar-refractivity contribution is 9.10. The van der Waals surface area contributed by atoms with Gasteiger partial charge in [0.05, 0.1) is 4.47 Å². The summed E-state index contributed by atoms with van der Waals surface area (Å²) in [5.74, 6) is -1.89. The molecule has 0 radical (unpaired) electrons. The zero-order chi connectivity index (χ0) is 11.1. The Hall–Kier alpha value is -1.06. The molecule has 2 nitrogen and oxygen atoms in total. The Bertz CT molecular complexity index is 465. The topological polar surface area (TPSA) is 29.4 Å². The van der Waals surface area contributed by atoms with Crippen molar-refractivity contribution in [2.75, 3.05) is 0 Å². The fourth-order valence-electron chi connectivity index (χ4n) is 1.53. The molecule has 0 bridgehead atoms. The van der Waals surface area contributed by atoms with E-state index in [-0.39, 0.29) is 10.0 Å². The fraction of sp³-hybridized carbons (Fsp3) is 0.300. The molecule has 0 spiro atoms. The maximum absolute atomic E-state index is 13.5. The molecule has 0 N–H and O–H groups in total. The summed E-state index contributed by atoms with van der Waals surface area (Å²) >= 11 is 2.88. The van der Waals surface area contributed by atoms with E-state index in [1.54, 1.807) is 0 Å². The first-order valence-electron chi connectivity index (χ1n) is 4.34. The van der Waals surface area contributed by atoms with Gasteiger partial charge in [0, 0.05) is 5.56 Å². The van der Waals surface area contributed by atoms with Crippen molar-refractivity contribution < 1.29 is 13.6 Å². The summed E-state index contributed by atoms with van der Waals surface area (Å²) in [6.07, 6.45) is 2.52. The van der Waals surface area contributed by atoms with Crippen LogP contribution in [0.5, 0.6) is 0 Å². The molecule has 1 aromatic carbocycles. The van der Waals surface area contributed by atoms with Crippen molar-refractivity contribution >= 4 is 22.0 Å². The standard InChI is InChI=1S/C10H6BrF2NO/c11-7-2-1-6(8(12)9(7)13)10(3-4-10)14-5-15/h1-2H,3-4H2. The van der Waals surface area contributed by atoms with Crippen LogP contribution in [0.3, 0.4) is 0 Å². The van der Waals surface area contributed by atoms with E-state index in [4.69, 9.17) is 0 Å². The molecule has 1 aliphatic rings. The third-order valence-electron chi connectivity index (χ3n) is 2.52. The predicted molar refractivity (Wildman–Crippen MR) is 53.1 cm³/mol. The van der Waals surface area contributed by atoms with Gasteiger partial charge >= 0.3 is 0 Å². The van der Waals surface area contributed by atoms with Crippen LogP contribution in [-0.2, 0) is 10.3 Å². The number of rotatable bonds is 2. The first-order chi connectivity index (χ1) is 7.10. The van der Waals surface area contributed by atoms with Crippen LogP contribution in [0.2, 0.25) is 0 Å². The van der Waals surface area contributed by atoms with E-state index in [9.17, 15) is 13.6 Å². The quantitative estimate of drug-likeness (QED) is 0.463. The van der Waals surface area contributed by atoms with Crippen molar-refractivity contribution in [1.29, 1.82) is 0 Å². The van der Waals surface area contributed by atoms with Crippen LogP contribution in [0, 0.1) is 11.6 Å². The molecule has 1 aromatic rings. The third kappa shape index (κ3) is 1.62. The molecule has 1 aliphatic carbocycles. The van der Waals surface area contributed by atoms with E-state index >= 15 is 0 Å². The smallest absolute Gasteiger partial charge is 0.211 e. The lowest BCUT2D eigenvalue weighted by molar-refractivity contribution is 0.481. The van der Waals surface area contributed by atoms with E-state index in [1.807, 2.05) is 0 Å². The molecule has 0 aliphatic heterocycles. The van der Waals surface area contributed by atoms with Crippen molar-refractivity contribution in [2.45, 2.75) is 18.4 Å². The molecular weight excluding hydrogens is 268 g/mol. The summed E-state index contributed by atoms with van der Waals surface area (Å²) in [5, 5.41) is 0. The Labute approximate surface area is 93.1 Å². The van der Waals surface area contributed by atoms with E-state index < -0.39 is 17.2 Å². The van der Waals surface area contributed by atoms with Gasteiger partial charge in [-0.2, -0.15) is 4.99 Å². The highest BCUT2D eigenvalue weighted by Crippen LogP contribution is 2.50. The van der Waals surface area contributed by atoms with Crippen molar-refractivity contribution in [1.82, 2.24) is 0 Å². The fourth-order valence-corrected chi connectivity index (χ4v) is 1.84. The van der Waals surface area contributed by atoms with Gasteiger partial charge in [-0.3, -0.25) is 0 Å². The van der Waals surface area contributed by atoms with Gasteiger partial charge in [-0.25, -0.2) is 13.6 Å². The zero-order valence-electron chi connectivity index (χ0n) is 7.56. The Kier molecular flexibility index (Phi) is 2.44. The summed E-state index contributed by atoms with van der Waals surface area (Å²) < 4.78 is 26.8. The van der Waals surface area contributed by atoms with Gasteiger partial charge in [0.1, 0.15) is 5.54 Å². The van der Waals surface area contributed by atoms with Crippen LogP contribution < -0.4 is 0 Å². The SMILES string of the molecule is O=C=NC1(c2ccc(Br)c(F)c2F)CC1. The van der Waals surface area contributed by atoms with Gasteiger partial charge in [0.25, 0.3) is 0 Å². The molecule has 0 saturated heterocycles. The van der Waals surface area contributed by atoms with Gasteiger partial charge in [-0.05, 0) is 34.8 Å². The molecule has 0 unspecified atom stereocenters. The molecular formula is C10H6BrF2NO. The van der Waals surface area contributed by atoms with Crippen molar-refractivity contribution in [3.8, 4) is 0 Å². The monoisotopic (exact) mass is 273 g/mol. The third-order valence-corrected chi connectivity index (χ3v) is 3.13. The number of carbonyl (C=O) groups excluding carboxylic acids is 1. The Morgan fingerprint density at radius 1 is 1.33 bits per heavy atom. The summed E-state index contributed by atoms with van der Waals surface area (Å²) in [5.41, 5.74) is -0.737. The average Bonchev–Trinajstić information content (AvgIpc) is 2.96. The number of aliphatic imine (C=N–C) groups is 1. The van der Waals surface area contributed by atoms with E-state index in [0.29, 0.717) is 12.8 Å². The maximum Gasteiger partial charge on any atom is 0.235 e. The molecule has 5 heteroatoms. The molecule has 1 saturated carbocycles. The summed E-state index contributed by atoms with van der Waals surface area (Å²) in [6, 6.07) is 2.85. The van der Waals surface area contributed by atoms with Crippen molar-refractivity contribution in [3.63, 3.8) is 0 Å². The van der Waals surface area contributed by atoms with Crippen LogP contribution >= 0.6 is 15.9 Å². The highest BCUT2D eigenvalue weighted by atomic mass is 79.9. The molecule has 0 aromatic heterocycles. The zero-order valence-corrected chi connectivity index (χ0v) is 9.14. The van der Waals surface area contributed by atoms with E-state index in [0.717, 1.165) is 0 Å². The second kappa shape index (κ2) is 3.51. The number of isocyanates is 1. The Morgan fingerprint density at radius 2 is 2.00 bits per heavy atom. The van der Waals surface area contributed by atoms with E-state index in [2.05, 4.69) is 20.9 Å². The van der Waals surface area contributed by atoms with Crippen LogP contribution in [0.15, 0.2) is 21.6 Å². The molecule has 0 atom stereocenters. The van der Waals surface area contributed by atoms with E-state index in [1.165, 1.54) is 18.2 Å². The maximum atomic E-state index is 13.5. The molecule has 0 amide bonds. The first-order valence-corrected chi connectivity index (χ1v) is 5.13. The minimum atomic E-state index is -0.945. The van der Waals surface area contributed by atoms with Gasteiger partial charge in [-0.15, -0.1) is 0 Å². The predicted octanol–water partition coefficient (Wildman–Crippen LogP) is 3.05. The Balaban J connectivity index is 2.55. The van der Waals surface area contributed by atoms with Crippen LogP contribution in [0.1, 0.15) is 18.4 Å². The summed E-state index contributed by atoms with van der Waals surface area (Å²) in [7, 11) is 0. The molecule has 0 heterocycles. The first kappa shape index (κ1) is 10.5. The molecule has 15 heavy (non-hydrogen) atoms. The highest BCUT2D eigenvalue weighted by Gasteiger charge is 2.47. The lowest BCUT2D eigenvalue weighted by Gasteiger charge is -2.10. The number of hydrogen-bond donors (Lipinski definition) is 0. The number of benzene rings is 1. The van der Waals surface area contributed by atoms with Crippen LogP contribution in [0.4, 0.5) is 8.78 Å². The second-order valence-electron chi connectivity index (χ2n) is 3.46. The molecule has 1 fully saturated rings. The van der Waals surface area contributed by atoms with Crippen LogP contribution in [-0.4, -0.2) is 6.08 Å². The van der Waals surface area contributed by atoms with Gasteiger partial charge < -0.3 is 0 Å². The molecule has 2 rings (SSSR count). The van der Waals surface area contributed by atoms with Crippen molar-refractivity contribution in [2.24, 2.45) is 4.99 Å². The van der Waals surface area contributed by atoms with Gasteiger partial charge in [-0.1, -0.05) is 6.07 Å². The minimum Gasteiger partial charge on any atom is -0.211 e. The number of nitrogens with zero attached hydrogens (tertiary/aromatic N) is 1. The Morgan fingerprint density at radius 3 is 2.53 bits per heavy atom. The van der Waals surface area contributed by atoms with Gasteiger partial charge in [0.2, 0.25) is 6.08 Å². The largest absolute Gasteiger partial charge is 0.235 e. The normalized spacial score (nSPS) is 17.0. The average molecular weight is 274 g/mol. The minimum absolute atomic E-state index is 0.0645. The number of hydrogen-bond acceptors (Lipinski definition) is 2. The second-order valence-corrected chi connectivity index (χ2v) is 4.31. The summed E-state index contributed by atoms with van der Waals surface area (Å²) in [6.45, 7) is 0. The molecule has 78 valence electrons. The van der Waals surface area contributed by atoms with Crippen LogP contribution in [0.25, 0.3) is 0 Å². The lowest BCUT2D eigenvalue weighted by Crippen LogP contribution is -2.07. The van der Waals surface area contributed by atoms with Gasteiger partial charge in [0.15, 0.2) is 11.6 Å². The lowest BCUT2D eigenvalue weighted by atomic mass is 10.0. The van der Waals surface area contributed by atoms with Crippen molar-refractivity contribution in [3.05, 3.63) is 33.8 Å².